The molecule has 3 rings (SSSR count). The molecule has 9 nitrogen and oxygen atoms in total. The van der Waals surface area contributed by atoms with E-state index in [2.05, 4.69) is 31.6 Å². The number of nitro groups is 1. The topological polar surface area (TPSA) is 112 Å². The number of benzene rings is 2. The molecule has 1 aromatic heterocycles. The lowest BCUT2D eigenvalue weighted by molar-refractivity contribution is -0.385. The molecule has 29 heavy (non-hydrogen) atoms. The van der Waals surface area contributed by atoms with Gasteiger partial charge < -0.3 is 4.74 Å². The second kappa shape index (κ2) is 9.11. The van der Waals surface area contributed by atoms with Crippen molar-refractivity contribution in [3.8, 4) is 5.75 Å². The number of nitrogens with one attached hydrogen (secondary N) is 1. The average molecular weight is 458 g/mol. The Balaban J connectivity index is 1.75. The summed E-state index contributed by atoms with van der Waals surface area (Å²) in [6.07, 6.45) is 2.63. The molecular formula is C19H16BrN5O4. The number of carbonyl (C=O) groups excluding carboxylic acids is 1. The van der Waals surface area contributed by atoms with Gasteiger partial charge in [-0.15, -0.1) is 0 Å². The van der Waals surface area contributed by atoms with Crippen molar-refractivity contribution in [3.05, 3.63) is 86.1 Å². The van der Waals surface area contributed by atoms with Crippen LogP contribution in [-0.2, 0) is 6.54 Å². The van der Waals surface area contributed by atoms with Gasteiger partial charge in [-0.2, -0.15) is 10.2 Å². The van der Waals surface area contributed by atoms with Crippen LogP contribution in [-0.4, -0.2) is 33.9 Å². The van der Waals surface area contributed by atoms with Crippen LogP contribution in [0.25, 0.3) is 0 Å². The molecule has 0 spiro atoms. The number of rotatable bonds is 7. The summed E-state index contributed by atoms with van der Waals surface area (Å²) in [6.45, 7) is 0.278. The Kier molecular flexibility index (Phi) is 6.35. The minimum atomic E-state index is -0.774. The van der Waals surface area contributed by atoms with Crippen LogP contribution >= 0.6 is 15.9 Å². The number of methoxy groups -OCH3 is 1. The van der Waals surface area contributed by atoms with E-state index < -0.39 is 16.5 Å². The largest absolute Gasteiger partial charge is 0.497 e. The molecule has 0 atom stereocenters. The lowest BCUT2D eigenvalue weighted by atomic mass is 10.2. The Bertz CT molecular complexity index is 1080. The van der Waals surface area contributed by atoms with Gasteiger partial charge in [-0.1, -0.05) is 40.2 Å². The van der Waals surface area contributed by atoms with Crippen LogP contribution in [0.4, 0.5) is 5.69 Å². The van der Waals surface area contributed by atoms with Crippen molar-refractivity contribution in [2.45, 2.75) is 6.54 Å². The number of halogens is 1. The highest BCUT2D eigenvalue weighted by molar-refractivity contribution is 9.10. The van der Waals surface area contributed by atoms with E-state index in [4.69, 9.17) is 4.74 Å². The first kappa shape index (κ1) is 20.2. The van der Waals surface area contributed by atoms with Gasteiger partial charge in [-0.25, -0.2) is 5.43 Å². The van der Waals surface area contributed by atoms with Crippen LogP contribution in [0.5, 0.6) is 5.75 Å². The van der Waals surface area contributed by atoms with Crippen molar-refractivity contribution in [1.29, 1.82) is 0 Å². The van der Waals surface area contributed by atoms with Crippen LogP contribution in [0.2, 0.25) is 0 Å². The maximum absolute atomic E-state index is 12.4. The highest BCUT2D eigenvalue weighted by Crippen LogP contribution is 2.19. The number of amides is 1. The van der Waals surface area contributed by atoms with Crippen molar-refractivity contribution < 1.29 is 14.5 Å². The quantitative estimate of drug-likeness (QED) is 0.332. The van der Waals surface area contributed by atoms with Crippen LogP contribution in [0.3, 0.4) is 0 Å². The van der Waals surface area contributed by atoms with Crippen molar-refractivity contribution >= 4 is 33.7 Å². The summed E-state index contributed by atoms with van der Waals surface area (Å²) in [4.78, 5) is 23.0. The summed E-state index contributed by atoms with van der Waals surface area (Å²) in [5, 5.41) is 19.2. The van der Waals surface area contributed by atoms with Crippen molar-refractivity contribution in [1.82, 2.24) is 15.2 Å². The van der Waals surface area contributed by atoms with Gasteiger partial charge in [-0.3, -0.25) is 19.6 Å². The third-order valence-electron chi connectivity index (χ3n) is 3.86. The van der Waals surface area contributed by atoms with Gasteiger partial charge in [0.15, 0.2) is 0 Å². The van der Waals surface area contributed by atoms with Crippen LogP contribution in [0.1, 0.15) is 21.6 Å². The van der Waals surface area contributed by atoms with Gasteiger partial charge in [0.1, 0.15) is 11.9 Å². The summed E-state index contributed by atoms with van der Waals surface area (Å²) >= 11 is 3.37. The second-order valence-corrected chi connectivity index (χ2v) is 6.84. The minimum absolute atomic E-state index is 0.278. The van der Waals surface area contributed by atoms with E-state index in [0.29, 0.717) is 11.3 Å². The zero-order chi connectivity index (χ0) is 20.8. The van der Waals surface area contributed by atoms with Gasteiger partial charge in [0.2, 0.25) is 5.69 Å². The Morgan fingerprint density at radius 3 is 2.86 bits per heavy atom. The first-order chi connectivity index (χ1) is 14.0. The first-order valence-electron chi connectivity index (χ1n) is 8.40. The number of nitrogens with zero attached hydrogens (tertiary/aromatic N) is 4. The van der Waals surface area contributed by atoms with Gasteiger partial charge in [0.25, 0.3) is 5.91 Å². The fourth-order valence-electron chi connectivity index (χ4n) is 2.55. The molecule has 0 aliphatic rings. The van der Waals surface area contributed by atoms with Gasteiger partial charge in [-0.05, 0) is 35.4 Å². The fourth-order valence-corrected chi connectivity index (χ4v) is 3.00. The van der Waals surface area contributed by atoms with Crippen LogP contribution in [0.15, 0.2) is 64.3 Å². The smallest absolute Gasteiger partial charge is 0.320 e. The minimum Gasteiger partial charge on any atom is -0.497 e. The van der Waals surface area contributed by atoms with E-state index in [1.165, 1.54) is 17.1 Å². The van der Waals surface area contributed by atoms with Crippen molar-refractivity contribution in [2.75, 3.05) is 7.11 Å². The molecule has 0 fully saturated rings. The Labute approximate surface area is 174 Å². The highest BCUT2D eigenvalue weighted by atomic mass is 79.9. The summed E-state index contributed by atoms with van der Waals surface area (Å²) in [6, 6.07) is 14.5. The monoisotopic (exact) mass is 457 g/mol. The molecular weight excluding hydrogens is 442 g/mol. The Morgan fingerprint density at radius 1 is 1.34 bits per heavy atom. The molecule has 0 aliphatic heterocycles. The van der Waals surface area contributed by atoms with E-state index in [9.17, 15) is 14.9 Å². The highest BCUT2D eigenvalue weighted by Gasteiger charge is 2.25. The number of hydrazone groups is 1. The lowest BCUT2D eigenvalue weighted by Gasteiger charge is -2.02. The summed E-state index contributed by atoms with van der Waals surface area (Å²) < 4.78 is 7.34. The fraction of sp³-hybridized carbons (Fsp3) is 0.105. The van der Waals surface area contributed by atoms with Gasteiger partial charge >= 0.3 is 5.69 Å². The number of ether oxygens (including phenoxy) is 1. The number of hydrogen-bond donors (Lipinski definition) is 1. The summed E-state index contributed by atoms with van der Waals surface area (Å²) in [5.74, 6) is -0.133. The Morgan fingerprint density at radius 2 is 2.14 bits per heavy atom. The van der Waals surface area contributed by atoms with Crippen LogP contribution < -0.4 is 10.2 Å². The third kappa shape index (κ3) is 5.26. The van der Waals surface area contributed by atoms with E-state index in [1.54, 1.807) is 31.4 Å². The van der Waals surface area contributed by atoms with E-state index >= 15 is 0 Å². The molecule has 0 radical (unpaired) electrons. The SMILES string of the molecule is COc1cccc(/C=N\NC(=O)c2nn(Cc3cccc(Br)c3)cc2[N+](=O)[O-])c1. The molecule has 148 valence electrons. The zero-order valence-corrected chi connectivity index (χ0v) is 16.9. The van der Waals surface area contributed by atoms with E-state index in [1.807, 2.05) is 24.3 Å². The third-order valence-corrected chi connectivity index (χ3v) is 4.35. The predicted octanol–water partition coefficient (Wildman–Crippen LogP) is 3.37. The number of carbonyl (C=O) groups is 1. The average Bonchev–Trinajstić information content (AvgIpc) is 3.12. The standard InChI is InChI=1S/C19H16BrN5O4/c1-29-16-7-3-4-13(9-16)10-21-22-19(26)18-17(25(27)28)12-24(23-18)11-14-5-2-6-15(20)8-14/h2-10,12H,11H2,1H3,(H,22,26)/b21-10-. The predicted molar refractivity (Wildman–Crippen MR) is 110 cm³/mol. The zero-order valence-electron chi connectivity index (χ0n) is 15.3. The number of aromatic nitrogens is 2. The molecule has 10 heteroatoms. The van der Waals surface area contributed by atoms with Gasteiger partial charge in [0.05, 0.1) is 24.8 Å². The molecule has 2 aromatic carbocycles. The maximum Gasteiger partial charge on any atom is 0.320 e. The summed E-state index contributed by atoms with van der Waals surface area (Å²) in [7, 11) is 1.54. The number of hydrogen-bond acceptors (Lipinski definition) is 6. The molecule has 1 N–H and O–H groups in total. The summed E-state index contributed by atoms with van der Waals surface area (Å²) in [5.41, 5.74) is 3.13. The first-order valence-corrected chi connectivity index (χ1v) is 9.19. The molecule has 1 amide bonds. The molecule has 0 saturated heterocycles. The second-order valence-electron chi connectivity index (χ2n) is 5.92. The molecule has 0 aliphatic carbocycles. The Hall–Kier alpha value is -3.53. The lowest BCUT2D eigenvalue weighted by Crippen LogP contribution is -2.19. The van der Waals surface area contributed by atoms with E-state index in [0.717, 1.165) is 10.0 Å². The maximum atomic E-state index is 12.4. The molecule has 0 bridgehead atoms. The molecule has 1 heterocycles. The molecule has 0 unspecified atom stereocenters. The van der Waals surface area contributed by atoms with E-state index in [-0.39, 0.29) is 12.2 Å². The van der Waals surface area contributed by atoms with Crippen molar-refractivity contribution in [3.63, 3.8) is 0 Å². The molecule has 0 saturated carbocycles. The normalized spacial score (nSPS) is 10.8. The van der Waals surface area contributed by atoms with Crippen LogP contribution in [0, 0.1) is 10.1 Å². The van der Waals surface area contributed by atoms with Gasteiger partial charge in [0, 0.05) is 4.47 Å². The van der Waals surface area contributed by atoms with Crippen molar-refractivity contribution in [2.24, 2.45) is 5.10 Å². The molecule has 3 aromatic rings.